The van der Waals surface area contributed by atoms with E-state index in [0.29, 0.717) is 0 Å². The summed E-state index contributed by atoms with van der Waals surface area (Å²) in [4.78, 5) is 16.7. The van der Waals surface area contributed by atoms with Crippen molar-refractivity contribution in [1.82, 2.24) is 10.3 Å². The number of aromatic amines is 1. The number of aromatic nitrogens is 1. The van der Waals surface area contributed by atoms with Gasteiger partial charge in [-0.2, -0.15) is 0 Å². The van der Waals surface area contributed by atoms with Crippen molar-refractivity contribution in [2.24, 2.45) is 0 Å². The fourth-order valence-electron chi connectivity index (χ4n) is 4.65. The van der Waals surface area contributed by atoms with Crippen molar-refractivity contribution in [3.63, 3.8) is 0 Å². The number of rotatable bonds is 4. The normalized spacial score (nSPS) is 17.3. The molecule has 0 saturated heterocycles. The first-order valence-corrected chi connectivity index (χ1v) is 10.9. The summed E-state index contributed by atoms with van der Waals surface area (Å²) in [6, 6.07) is 21.7. The van der Waals surface area contributed by atoms with Crippen LogP contribution in [0.25, 0.3) is 10.9 Å². The lowest BCUT2D eigenvalue weighted by molar-refractivity contribution is -0.384. The highest BCUT2D eigenvalue weighted by atomic mass is 35.5. The molecule has 0 radical (unpaired) electrons. The molecule has 0 amide bonds. The topological polar surface area (TPSA) is 74.2 Å². The summed E-state index contributed by atoms with van der Waals surface area (Å²) in [7, 11) is 4.07. The highest BCUT2D eigenvalue weighted by Gasteiger charge is 2.33. The van der Waals surface area contributed by atoms with Crippen LogP contribution in [-0.4, -0.2) is 30.5 Å². The van der Waals surface area contributed by atoms with Crippen LogP contribution in [0.2, 0.25) is 5.02 Å². The molecule has 6 nitrogen and oxygen atoms in total. The van der Waals surface area contributed by atoms with Gasteiger partial charge in [0, 0.05) is 54.9 Å². The number of hydrogen-bond donors (Lipinski definition) is 2. The van der Waals surface area contributed by atoms with Gasteiger partial charge in [-0.3, -0.25) is 10.1 Å². The molecule has 1 aromatic heterocycles. The number of halogens is 2. The largest absolute Gasteiger partial charge is 1.00 e. The molecule has 0 saturated carbocycles. The Morgan fingerprint density at radius 1 is 1.03 bits per heavy atom. The zero-order valence-corrected chi connectivity index (χ0v) is 19.7. The predicted octanol–water partition coefficient (Wildman–Crippen LogP) is 2.62. The summed E-state index contributed by atoms with van der Waals surface area (Å²) in [5.41, 5.74) is 6.46. The summed E-state index contributed by atoms with van der Waals surface area (Å²) < 4.78 is 0. The van der Waals surface area contributed by atoms with Gasteiger partial charge in [0.05, 0.1) is 11.0 Å². The van der Waals surface area contributed by atoms with Crippen LogP contribution in [-0.2, 0) is 0 Å². The van der Waals surface area contributed by atoms with E-state index in [9.17, 15) is 10.1 Å². The number of H-pyrrole nitrogens is 1. The van der Waals surface area contributed by atoms with Gasteiger partial charge in [-0.05, 0) is 41.0 Å². The lowest BCUT2D eigenvalue weighted by Gasteiger charge is -2.31. The summed E-state index contributed by atoms with van der Waals surface area (Å²) in [5, 5.41) is 16.4. The Bertz CT molecular complexity index is 1320. The first-order valence-electron chi connectivity index (χ1n) is 10.5. The molecule has 0 bridgehead atoms. The van der Waals surface area contributed by atoms with Crippen LogP contribution >= 0.6 is 11.6 Å². The SMILES string of the molecule is CN(C)c1ccc(C2CNC(c3ccc(Cl)c([N+](=O)[O-])c3)c3[nH]c4ccccc4c32)cc1.[Cl-]. The van der Waals surface area contributed by atoms with E-state index >= 15 is 0 Å². The van der Waals surface area contributed by atoms with Crippen molar-refractivity contribution in [1.29, 1.82) is 0 Å². The van der Waals surface area contributed by atoms with Crippen molar-refractivity contribution in [3.8, 4) is 0 Å². The van der Waals surface area contributed by atoms with E-state index in [1.54, 1.807) is 12.1 Å². The Labute approximate surface area is 203 Å². The average molecular weight is 482 g/mol. The molecule has 1 aliphatic rings. The minimum Gasteiger partial charge on any atom is -1.00 e. The van der Waals surface area contributed by atoms with E-state index in [1.807, 2.05) is 32.3 Å². The molecule has 0 spiro atoms. The summed E-state index contributed by atoms with van der Waals surface area (Å²) in [5.74, 6) is 0.163. The number of fused-ring (bicyclic) bond motifs is 3. The molecule has 2 heterocycles. The van der Waals surface area contributed by atoms with Crippen molar-refractivity contribution in [3.05, 3.63) is 104 Å². The maximum absolute atomic E-state index is 11.4. The third kappa shape index (κ3) is 4.06. The lowest BCUT2D eigenvalue weighted by atomic mass is 9.83. The zero-order chi connectivity index (χ0) is 22.4. The highest BCUT2D eigenvalue weighted by Crippen LogP contribution is 2.42. The molecular formula is C25H23Cl2N4O2-. The first-order chi connectivity index (χ1) is 15.4. The van der Waals surface area contributed by atoms with Gasteiger partial charge in [0.1, 0.15) is 5.02 Å². The van der Waals surface area contributed by atoms with E-state index in [1.165, 1.54) is 16.5 Å². The van der Waals surface area contributed by atoms with Crippen molar-refractivity contribution in [2.45, 2.75) is 12.0 Å². The quantitative estimate of drug-likeness (QED) is 0.347. The van der Waals surface area contributed by atoms with Crippen LogP contribution < -0.4 is 22.6 Å². The maximum atomic E-state index is 11.4. The minimum absolute atomic E-state index is 0. The number of nitrogens with zero attached hydrogens (tertiary/aromatic N) is 2. The highest BCUT2D eigenvalue weighted by molar-refractivity contribution is 6.32. The molecule has 5 rings (SSSR count). The molecule has 0 fully saturated rings. The standard InChI is InChI=1S/C25H23ClN4O2.ClH/c1-29(2)17-10-7-15(8-11-17)19-14-27-24(16-9-12-20(26)22(13-16)30(31)32)25-23(19)18-5-3-4-6-21(18)28-25;/h3-13,19,24,27-28H,14H2,1-2H3;1H/p-1. The number of hydrogen-bond acceptors (Lipinski definition) is 4. The van der Waals surface area contributed by atoms with Crippen molar-refractivity contribution >= 4 is 33.9 Å². The Kier molecular flexibility index (Phi) is 6.34. The van der Waals surface area contributed by atoms with E-state index in [2.05, 4.69) is 51.6 Å². The predicted molar refractivity (Wildman–Crippen MR) is 129 cm³/mol. The van der Waals surface area contributed by atoms with Gasteiger partial charge in [-0.1, -0.05) is 48.0 Å². The van der Waals surface area contributed by atoms with E-state index in [-0.39, 0.29) is 35.1 Å². The second kappa shape index (κ2) is 9.06. The fraction of sp³-hybridized carbons (Fsp3) is 0.200. The number of nitro groups is 1. The van der Waals surface area contributed by atoms with Crippen LogP contribution in [0.3, 0.4) is 0 Å². The summed E-state index contributed by atoms with van der Waals surface area (Å²) in [6.07, 6.45) is 0. The number of anilines is 1. The minimum atomic E-state index is -0.435. The third-order valence-corrected chi connectivity index (χ3v) is 6.57. The Morgan fingerprint density at radius 2 is 1.73 bits per heavy atom. The van der Waals surface area contributed by atoms with Crippen LogP contribution in [0.4, 0.5) is 11.4 Å². The maximum Gasteiger partial charge on any atom is 0.288 e. The van der Waals surface area contributed by atoms with Gasteiger partial charge in [0.2, 0.25) is 0 Å². The molecule has 2 N–H and O–H groups in total. The third-order valence-electron chi connectivity index (χ3n) is 6.25. The summed E-state index contributed by atoms with van der Waals surface area (Å²) >= 11 is 6.06. The Morgan fingerprint density at radius 3 is 2.42 bits per heavy atom. The second-order valence-electron chi connectivity index (χ2n) is 8.35. The van der Waals surface area contributed by atoms with Crippen LogP contribution in [0, 0.1) is 10.1 Å². The van der Waals surface area contributed by atoms with Crippen LogP contribution in [0.1, 0.15) is 34.3 Å². The molecule has 170 valence electrons. The zero-order valence-electron chi connectivity index (χ0n) is 18.2. The number of nitro benzene ring substituents is 1. The van der Waals surface area contributed by atoms with Gasteiger partial charge < -0.3 is 27.6 Å². The molecular weight excluding hydrogens is 459 g/mol. The Hall–Kier alpha value is -3.06. The van der Waals surface area contributed by atoms with Gasteiger partial charge in [0.15, 0.2) is 0 Å². The molecule has 4 aromatic rings. The van der Waals surface area contributed by atoms with Gasteiger partial charge >= 0.3 is 0 Å². The molecule has 0 aliphatic carbocycles. The van der Waals surface area contributed by atoms with E-state index in [4.69, 9.17) is 11.6 Å². The lowest BCUT2D eigenvalue weighted by Crippen LogP contribution is -3.00. The molecule has 2 atom stereocenters. The fourth-order valence-corrected chi connectivity index (χ4v) is 4.84. The number of benzene rings is 3. The van der Waals surface area contributed by atoms with Crippen molar-refractivity contribution < 1.29 is 17.3 Å². The molecule has 2 unspecified atom stereocenters. The molecule has 8 heteroatoms. The first kappa shape index (κ1) is 23.1. The second-order valence-corrected chi connectivity index (χ2v) is 8.75. The van der Waals surface area contributed by atoms with E-state index in [0.717, 1.165) is 29.0 Å². The monoisotopic (exact) mass is 481 g/mol. The number of para-hydroxylation sites is 1. The molecule has 3 aromatic carbocycles. The van der Waals surface area contributed by atoms with Gasteiger partial charge in [-0.15, -0.1) is 0 Å². The summed E-state index contributed by atoms with van der Waals surface area (Å²) in [6.45, 7) is 0.719. The molecule has 33 heavy (non-hydrogen) atoms. The van der Waals surface area contributed by atoms with Gasteiger partial charge in [0.25, 0.3) is 5.69 Å². The molecule has 1 aliphatic heterocycles. The number of nitrogens with one attached hydrogen (secondary N) is 2. The Balaban J connectivity index is 0.00000259. The van der Waals surface area contributed by atoms with Crippen molar-refractivity contribution in [2.75, 3.05) is 25.5 Å². The smallest absolute Gasteiger partial charge is 0.288 e. The average Bonchev–Trinajstić information content (AvgIpc) is 3.18. The van der Waals surface area contributed by atoms with Gasteiger partial charge in [-0.25, -0.2) is 0 Å². The van der Waals surface area contributed by atoms with Crippen LogP contribution in [0.5, 0.6) is 0 Å². The van der Waals surface area contributed by atoms with Crippen LogP contribution in [0.15, 0.2) is 66.7 Å². The van der Waals surface area contributed by atoms with E-state index < -0.39 is 4.92 Å².